The second-order valence-electron chi connectivity index (χ2n) is 3.35. The van der Waals surface area contributed by atoms with Crippen LogP contribution in [0.4, 0.5) is 5.69 Å². The van der Waals surface area contributed by atoms with Crippen LogP contribution in [0.15, 0.2) is 24.3 Å². The van der Waals surface area contributed by atoms with Gasteiger partial charge in [-0.05, 0) is 30.7 Å². The van der Waals surface area contributed by atoms with Crippen LogP contribution < -0.4 is 9.64 Å². The van der Waals surface area contributed by atoms with Gasteiger partial charge in [0, 0.05) is 18.7 Å². The normalized spacial score (nSPS) is 14.4. The van der Waals surface area contributed by atoms with E-state index >= 15 is 0 Å². The summed E-state index contributed by atoms with van der Waals surface area (Å²) in [5, 5.41) is 0. The fraction of sp³-hybridized carbons (Fsp3) is 0.462. The highest BCUT2D eigenvalue weighted by Crippen LogP contribution is 2.23. The van der Waals surface area contributed by atoms with Crippen LogP contribution in [0.3, 0.4) is 0 Å². The Kier molecular flexibility index (Phi) is 4.83. The third kappa shape index (κ3) is 2.75. The van der Waals surface area contributed by atoms with Crippen LogP contribution >= 0.6 is 0 Å². The molecular weight excluding hydrogens is 202 g/mol. The molecule has 2 rings (SSSR count). The van der Waals surface area contributed by atoms with Crippen molar-refractivity contribution in [2.75, 3.05) is 18.6 Å². The highest BCUT2D eigenvalue weighted by molar-refractivity contribution is 5.95. The van der Waals surface area contributed by atoms with E-state index in [2.05, 4.69) is 0 Å². The van der Waals surface area contributed by atoms with E-state index < -0.39 is 0 Å². The second-order valence-corrected chi connectivity index (χ2v) is 3.35. The van der Waals surface area contributed by atoms with Crippen molar-refractivity contribution in [3.05, 3.63) is 24.3 Å². The van der Waals surface area contributed by atoms with Crippen molar-refractivity contribution in [1.29, 1.82) is 0 Å². The maximum absolute atomic E-state index is 11.4. The molecule has 1 aromatic carbocycles. The zero-order chi connectivity index (χ0) is 12.0. The Morgan fingerprint density at radius 3 is 2.25 bits per heavy atom. The average Bonchev–Trinajstić information content (AvgIpc) is 2.78. The molecule has 0 radical (unpaired) electrons. The molecule has 0 bridgehead atoms. The number of carbonyl (C=O) groups excluding carboxylic acids is 1. The Morgan fingerprint density at radius 2 is 1.81 bits per heavy atom. The first-order chi connectivity index (χ1) is 7.81. The smallest absolute Gasteiger partial charge is 0.227 e. The number of carbonyl (C=O) groups is 1. The van der Waals surface area contributed by atoms with Gasteiger partial charge in [-0.3, -0.25) is 4.79 Å². The van der Waals surface area contributed by atoms with Crippen molar-refractivity contribution in [3.8, 4) is 5.75 Å². The molecule has 0 spiro atoms. The van der Waals surface area contributed by atoms with Gasteiger partial charge in [-0.2, -0.15) is 0 Å². The van der Waals surface area contributed by atoms with E-state index in [0.29, 0.717) is 6.42 Å². The average molecular weight is 221 g/mol. The molecule has 1 amide bonds. The van der Waals surface area contributed by atoms with E-state index in [-0.39, 0.29) is 5.91 Å². The lowest BCUT2D eigenvalue weighted by atomic mass is 10.3. The molecule has 1 aliphatic heterocycles. The van der Waals surface area contributed by atoms with Gasteiger partial charge in [0.05, 0.1) is 7.11 Å². The lowest BCUT2D eigenvalue weighted by Crippen LogP contribution is -2.23. The fourth-order valence-electron chi connectivity index (χ4n) is 1.68. The largest absolute Gasteiger partial charge is 0.497 e. The minimum Gasteiger partial charge on any atom is -0.497 e. The van der Waals surface area contributed by atoms with E-state index in [0.717, 1.165) is 24.4 Å². The van der Waals surface area contributed by atoms with Crippen LogP contribution in [0.25, 0.3) is 0 Å². The van der Waals surface area contributed by atoms with Gasteiger partial charge < -0.3 is 9.64 Å². The van der Waals surface area contributed by atoms with E-state index in [1.165, 1.54) is 0 Å². The van der Waals surface area contributed by atoms with E-state index in [9.17, 15) is 4.79 Å². The maximum Gasteiger partial charge on any atom is 0.227 e. The summed E-state index contributed by atoms with van der Waals surface area (Å²) in [4.78, 5) is 13.2. The van der Waals surface area contributed by atoms with Crippen LogP contribution in [0.1, 0.15) is 26.7 Å². The van der Waals surface area contributed by atoms with Crippen molar-refractivity contribution in [1.82, 2.24) is 0 Å². The van der Waals surface area contributed by atoms with Gasteiger partial charge in [-0.25, -0.2) is 0 Å². The number of benzene rings is 1. The summed E-state index contributed by atoms with van der Waals surface area (Å²) in [5.41, 5.74) is 0.966. The first-order valence-corrected chi connectivity index (χ1v) is 5.75. The molecule has 1 saturated heterocycles. The number of ether oxygens (including phenoxy) is 1. The molecule has 3 heteroatoms. The minimum absolute atomic E-state index is 0.218. The summed E-state index contributed by atoms with van der Waals surface area (Å²) in [5.74, 6) is 1.04. The number of amides is 1. The Morgan fingerprint density at radius 1 is 1.19 bits per heavy atom. The molecule has 1 aliphatic rings. The third-order valence-corrected chi connectivity index (χ3v) is 2.46. The van der Waals surface area contributed by atoms with Crippen molar-refractivity contribution < 1.29 is 9.53 Å². The highest BCUT2D eigenvalue weighted by atomic mass is 16.5. The molecule has 0 N–H and O–H groups in total. The second kappa shape index (κ2) is 6.16. The zero-order valence-corrected chi connectivity index (χ0v) is 10.2. The topological polar surface area (TPSA) is 29.5 Å². The van der Waals surface area contributed by atoms with E-state index in [1.807, 2.05) is 43.0 Å². The summed E-state index contributed by atoms with van der Waals surface area (Å²) in [7, 11) is 1.63. The van der Waals surface area contributed by atoms with Crippen LogP contribution in [-0.2, 0) is 4.79 Å². The summed E-state index contributed by atoms with van der Waals surface area (Å²) in [6, 6.07) is 7.59. The van der Waals surface area contributed by atoms with Gasteiger partial charge >= 0.3 is 0 Å². The van der Waals surface area contributed by atoms with Crippen molar-refractivity contribution in [2.24, 2.45) is 0 Å². The summed E-state index contributed by atoms with van der Waals surface area (Å²) >= 11 is 0. The number of hydrogen-bond acceptors (Lipinski definition) is 2. The lowest BCUT2D eigenvalue weighted by Gasteiger charge is -2.15. The van der Waals surface area contributed by atoms with Gasteiger partial charge in [-0.15, -0.1) is 0 Å². The van der Waals surface area contributed by atoms with Gasteiger partial charge in [0.15, 0.2) is 0 Å². The van der Waals surface area contributed by atoms with Gasteiger partial charge in [0.25, 0.3) is 0 Å². The predicted molar refractivity (Wildman–Crippen MR) is 65.9 cm³/mol. The summed E-state index contributed by atoms with van der Waals surface area (Å²) in [6.45, 7) is 4.84. The first kappa shape index (κ1) is 12.6. The molecule has 0 aromatic heterocycles. The number of methoxy groups -OCH3 is 1. The molecule has 0 unspecified atom stereocenters. The van der Waals surface area contributed by atoms with E-state index in [1.54, 1.807) is 7.11 Å². The Balaban J connectivity index is 0.000000606. The summed E-state index contributed by atoms with van der Waals surface area (Å²) in [6.07, 6.45) is 1.64. The molecule has 1 aromatic rings. The number of nitrogens with zero attached hydrogens (tertiary/aromatic N) is 1. The van der Waals surface area contributed by atoms with Crippen molar-refractivity contribution >= 4 is 11.6 Å². The van der Waals surface area contributed by atoms with Gasteiger partial charge in [0.2, 0.25) is 5.91 Å². The first-order valence-electron chi connectivity index (χ1n) is 5.75. The minimum atomic E-state index is 0.218. The molecule has 3 nitrogen and oxygen atoms in total. The third-order valence-electron chi connectivity index (χ3n) is 2.46. The summed E-state index contributed by atoms with van der Waals surface area (Å²) < 4.78 is 5.06. The molecule has 88 valence electrons. The quantitative estimate of drug-likeness (QED) is 0.768. The molecule has 1 fully saturated rings. The molecular formula is C13H19NO2. The fourth-order valence-corrected chi connectivity index (χ4v) is 1.68. The van der Waals surface area contributed by atoms with Gasteiger partial charge in [0.1, 0.15) is 5.75 Å². The Labute approximate surface area is 97.0 Å². The van der Waals surface area contributed by atoms with Crippen molar-refractivity contribution in [3.63, 3.8) is 0 Å². The predicted octanol–water partition coefficient (Wildman–Crippen LogP) is 2.85. The number of anilines is 1. The molecule has 1 heterocycles. The highest BCUT2D eigenvalue weighted by Gasteiger charge is 2.21. The number of hydrogen-bond donors (Lipinski definition) is 0. The van der Waals surface area contributed by atoms with Crippen molar-refractivity contribution in [2.45, 2.75) is 26.7 Å². The molecule has 16 heavy (non-hydrogen) atoms. The van der Waals surface area contributed by atoms with Crippen LogP contribution in [-0.4, -0.2) is 19.6 Å². The standard InChI is InChI=1S/C11H13NO2.C2H6/c1-14-10-6-4-9(5-7-10)12-8-2-3-11(12)13;1-2/h4-7H,2-3,8H2,1H3;1-2H3. The number of rotatable bonds is 2. The van der Waals surface area contributed by atoms with Crippen LogP contribution in [0.2, 0.25) is 0 Å². The van der Waals surface area contributed by atoms with Crippen LogP contribution in [0, 0.1) is 0 Å². The van der Waals surface area contributed by atoms with E-state index in [4.69, 9.17) is 4.74 Å². The molecule has 0 aliphatic carbocycles. The lowest BCUT2D eigenvalue weighted by molar-refractivity contribution is -0.117. The SMILES string of the molecule is CC.COc1ccc(N2CCCC2=O)cc1. The zero-order valence-electron chi connectivity index (χ0n) is 10.2. The Hall–Kier alpha value is -1.51. The maximum atomic E-state index is 11.4. The Bertz CT molecular complexity index is 332. The van der Waals surface area contributed by atoms with Crippen LogP contribution in [0.5, 0.6) is 5.75 Å². The molecule has 0 saturated carbocycles. The monoisotopic (exact) mass is 221 g/mol. The van der Waals surface area contributed by atoms with Gasteiger partial charge in [-0.1, -0.05) is 13.8 Å². The molecule has 0 atom stereocenters.